The van der Waals surface area contributed by atoms with E-state index >= 15 is 0 Å². The maximum Gasteiger partial charge on any atom is 0.423 e. The molecule has 0 aliphatic rings. The number of nitrogens with zero attached hydrogens (tertiary/aromatic N) is 2. The molecule has 0 spiro atoms. The lowest BCUT2D eigenvalue weighted by molar-refractivity contribution is -0.389. The second kappa shape index (κ2) is 4.51. The van der Waals surface area contributed by atoms with E-state index in [0.29, 0.717) is 0 Å². The molecular weight excluding hydrogens is 319 g/mol. The Hall–Kier alpha value is -1.32. The van der Waals surface area contributed by atoms with Crippen LogP contribution in [-0.4, -0.2) is 9.91 Å². The van der Waals surface area contributed by atoms with Gasteiger partial charge in [0.25, 0.3) is 6.43 Å². The van der Waals surface area contributed by atoms with E-state index in [0.717, 1.165) is 0 Å². The van der Waals surface area contributed by atoms with Crippen molar-refractivity contribution in [2.45, 2.75) is 12.6 Å². The summed E-state index contributed by atoms with van der Waals surface area (Å²) < 4.78 is 60.9. The summed E-state index contributed by atoms with van der Waals surface area (Å²) in [4.78, 5) is 12.1. The van der Waals surface area contributed by atoms with Crippen molar-refractivity contribution in [3.05, 3.63) is 32.0 Å². The highest BCUT2D eigenvalue weighted by Gasteiger charge is 2.41. The van der Waals surface area contributed by atoms with Gasteiger partial charge in [-0.2, -0.15) is 13.2 Å². The Morgan fingerprint density at radius 3 is 2.29 bits per heavy atom. The molecule has 0 N–H and O–H groups in total. The predicted octanol–water partition coefficient (Wildman–Crippen LogP) is 3.71. The van der Waals surface area contributed by atoms with Gasteiger partial charge >= 0.3 is 11.9 Å². The number of halogens is 6. The molecule has 0 aliphatic heterocycles. The normalized spacial score (nSPS) is 11.9. The standard InChI is InChI=1S/C7H2BrF5N2O2/c8-5-4(15(16)17)2(7(11,12)13)1-3(14-5)6(9)10/h1,6H. The van der Waals surface area contributed by atoms with Crippen LogP contribution in [0.15, 0.2) is 10.7 Å². The van der Waals surface area contributed by atoms with E-state index in [1.807, 2.05) is 0 Å². The third kappa shape index (κ3) is 2.87. The molecule has 0 radical (unpaired) electrons. The van der Waals surface area contributed by atoms with E-state index < -0.39 is 39.1 Å². The van der Waals surface area contributed by atoms with Gasteiger partial charge in [-0.25, -0.2) is 13.8 Å². The molecule has 94 valence electrons. The van der Waals surface area contributed by atoms with E-state index in [1.54, 1.807) is 0 Å². The molecule has 0 amide bonds. The molecular formula is C7H2BrF5N2O2. The molecule has 1 heterocycles. The minimum atomic E-state index is -5.11. The Bertz CT molecular complexity index is 462. The van der Waals surface area contributed by atoms with Crippen LogP contribution in [0.2, 0.25) is 0 Å². The molecule has 0 fully saturated rings. The predicted molar refractivity (Wildman–Crippen MR) is 48.6 cm³/mol. The summed E-state index contributed by atoms with van der Waals surface area (Å²) in [6, 6.07) is -0.0342. The van der Waals surface area contributed by atoms with E-state index in [9.17, 15) is 32.1 Å². The highest BCUT2D eigenvalue weighted by Crippen LogP contribution is 2.40. The van der Waals surface area contributed by atoms with Gasteiger partial charge in [0.05, 0.1) is 4.92 Å². The van der Waals surface area contributed by atoms with Crippen molar-refractivity contribution in [1.29, 1.82) is 0 Å². The summed E-state index contributed by atoms with van der Waals surface area (Å²) >= 11 is 2.37. The van der Waals surface area contributed by atoms with Gasteiger partial charge < -0.3 is 0 Å². The maximum atomic E-state index is 12.4. The smallest absolute Gasteiger partial charge is 0.258 e. The number of hydrogen-bond acceptors (Lipinski definition) is 3. The van der Waals surface area contributed by atoms with Gasteiger partial charge in [-0.15, -0.1) is 0 Å². The molecule has 0 aliphatic carbocycles. The topological polar surface area (TPSA) is 56.0 Å². The fraction of sp³-hybridized carbons (Fsp3) is 0.286. The van der Waals surface area contributed by atoms with Crippen molar-refractivity contribution >= 4 is 21.6 Å². The van der Waals surface area contributed by atoms with Crippen LogP contribution in [0.1, 0.15) is 17.7 Å². The quantitative estimate of drug-likeness (QED) is 0.361. The monoisotopic (exact) mass is 320 g/mol. The van der Waals surface area contributed by atoms with Crippen LogP contribution in [0.4, 0.5) is 27.6 Å². The highest BCUT2D eigenvalue weighted by molar-refractivity contribution is 9.10. The van der Waals surface area contributed by atoms with Crippen molar-refractivity contribution in [3.63, 3.8) is 0 Å². The van der Waals surface area contributed by atoms with Gasteiger partial charge in [0, 0.05) is 0 Å². The minimum absolute atomic E-state index is 0.0342. The molecule has 0 saturated heterocycles. The molecule has 4 nitrogen and oxygen atoms in total. The number of hydrogen-bond donors (Lipinski definition) is 0. The maximum absolute atomic E-state index is 12.4. The third-order valence-corrected chi connectivity index (χ3v) is 2.23. The molecule has 1 aromatic rings. The van der Waals surface area contributed by atoms with E-state index in [4.69, 9.17) is 0 Å². The Morgan fingerprint density at radius 2 is 1.94 bits per heavy atom. The van der Waals surface area contributed by atoms with Gasteiger partial charge in [0.1, 0.15) is 11.3 Å². The summed E-state index contributed by atoms with van der Waals surface area (Å²) in [5.74, 6) is 0. The van der Waals surface area contributed by atoms with Crippen LogP contribution in [0, 0.1) is 10.1 Å². The van der Waals surface area contributed by atoms with Crippen LogP contribution in [0.3, 0.4) is 0 Å². The zero-order valence-electron chi connectivity index (χ0n) is 7.63. The first kappa shape index (κ1) is 13.7. The first-order valence-corrected chi connectivity index (χ1v) is 4.64. The van der Waals surface area contributed by atoms with Gasteiger partial charge in [0.15, 0.2) is 4.60 Å². The number of nitro groups is 1. The molecule has 0 unspecified atom stereocenters. The molecule has 10 heteroatoms. The van der Waals surface area contributed by atoms with Crippen molar-refractivity contribution in [2.75, 3.05) is 0 Å². The first-order valence-electron chi connectivity index (χ1n) is 3.84. The largest absolute Gasteiger partial charge is 0.423 e. The number of alkyl halides is 5. The van der Waals surface area contributed by atoms with Crippen LogP contribution < -0.4 is 0 Å². The Morgan fingerprint density at radius 1 is 1.41 bits per heavy atom. The lowest BCUT2D eigenvalue weighted by atomic mass is 10.2. The molecule has 0 bridgehead atoms. The molecule has 1 aromatic heterocycles. The average Bonchev–Trinajstić information content (AvgIpc) is 2.14. The van der Waals surface area contributed by atoms with Gasteiger partial charge in [0.2, 0.25) is 0 Å². The highest BCUT2D eigenvalue weighted by atomic mass is 79.9. The summed E-state index contributed by atoms with van der Waals surface area (Å²) in [5, 5.41) is 10.4. The Labute approximate surface area is 98.7 Å². The zero-order valence-corrected chi connectivity index (χ0v) is 9.22. The van der Waals surface area contributed by atoms with Crippen LogP contribution in [0.25, 0.3) is 0 Å². The fourth-order valence-corrected chi connectivity index (χ4v) is 1.59. The van der Waals surface area contributed by atoms with E-state index in [1.165, 1.54) is 0 Å². The van der Waals surface area contributed by atoms with Crippen molar-refractivity contribution < 1.29 is 26.9 Å². The van der Waals surface area contributed by atoms with Crippen molar-refractivity contribution in [1.82, 2.24) is 4.98 Å². The number of pyridine rings is 1. The molecule has 0 aromatic carbocycles. The number of aromatic nitrogens is 1. The average molecular weight is 321 g/mol. The van der Waals surface area contributed by atoms with Crippen molar-refractivity contribution in [3.8, 4) is 0 Å². The third-order valence-electron chi connectivity index (χ3n) is 1.68. The van der Waals surface area contributed by atoms with Gasteiger partial charge in [-0.1, -0.05) is 0 Å². The first-order chi connectivity index (χ1) is 7.64. The fourth-order valence-electron chi connectivity index (χ4n) is 1.03. The zero-order chi connectivity index (χ0) is 13.4. The Kier molecular flexibility index (Phi) is 3.65. The second-order valence-corrected chi connectivity index (χ2v) is 3.54. The van der Waals surface area contributed by atoms with Gasteiger partial charge in [-0.3, -0.25) is 10.1 Å². The van der Waals surface area contributed by atoms with E-state index in [2.05, 4.69) is 20.9 Å². The lowest BCUT2D eigenvalue weighted by Gasteiger charge is -2.09. The SMILES string of the molecule is O=[N+]([O-])c1c(C(F)(F)F)cc(C(F)F)nc1Br. The molecule has 0 saturated carbocycles. The minimum Gasteiger partial charge on any atom is -0.258 e. The molecule has 17 heavy (non-hydrogen) atoms. The number of rotatable bonds is 2. The molecule has 0 atom stereocenters. The summed E-state index contributed by atoms with van der Waals surface area (Å²) in [6.45, 7) is 0. The lowest BCUT2D eigenvalue weighted by Crippen LogP contribution is -2.11. The van der Waals surface area contributed by atoms with Gasteiger partial charge in [-0.05, 0) is 22.0 Å². The summed E-state index contributed by atoms with van der Waals surface area (Å²) in [7, 11) is 0. The van der Waals surface area contributed by atoms with Crippen LogP contribution >= 0.6 is 15.9 Å². The summed E-state index contributed by atoms with van der Waals surface area (Å²) in [5.41, 5.74) is -4.34. The Balaban J connectivity index is 3.57. The summed E-state index contributed by atoms with van der Waals surface area (Å²) in [6.07, 6.45) is -8.37. The van der Waals surface area contributed by atoms with E-state index in [-0.39, 0.29) is 6.07 Å². The second-order valence-electron chi connectivity index (χ2n) is 2.79. The van der Waals surface area contributed by atoms with Crippen molar-refractivity contribution in [2.24, 2.45) is 0 Å². The van der Waals surface area contributed by atoms with Crippen LogP contribution in [0.5, 0.6) is 0 Å². The molecule has 1 rings (SSSR count). The van der Waals surface area contributed by atoms with Crippen LogP contribution in [-0.2, 0) is 6.18 Å².